The van der Waals surface area contributed by atoms with Gasteiger partial charge in [-0.2, -0.15) is 0 Å². The Morgan fingerprint density at radius 1 is 1.15 bits per heavy atom. The topological polar surface area (TPSA) is 75.7 Å². The van der Waals surface area contributed by atoms with Gasteiger partial charge < -0.3 is 10.1 Å². The third-order valence-corrected chi connectivity index (χ3v) is 4.91. The normalized spacial score (nSPS) is 21.7. The van der Waals surface area contributed by atoms with Crippen molar-refractivity contribution in [1.82, 2.24) is 10.2 Å². The lowest BCUT2D eigenvalue weighted by atomic mass is 9.85. The van der Waals surface area contributed by atoms with Crippen molar-refractivity contribution in [2.24, 2.45) is 11.8 Å². The Balaban J connectivity index is 1.50. The van der Waals surface area contributed by atoms with Crippen molar-refractivity contribution in [1.29, 1.82) is 0 Å². The summed E-state index contributed by atoms with van der Waals surface area (Å²) < 4.78 is 5.54. The summed E-state index contributed by atoms with van der Waals surface area (Å²) in [5, 5.41) is 2.83. The van der Waals surface area contributed by atoms with Crippen LogP contribution in [0.3, 0.4) is 0 Å². The average molecular weight is 356 g/mol. The molecule has 1 aliphatic heterocycles. The predicted molar refractivity (Wildman–Crippen MR) is 96.1 cm³/mol. The van der Waals surface area contributed by atoms with Crippen molar-refractivity contribution >= 4 is 17.7 Å². The number of fused-ring (bicyclic) bond motifs is 1. The summed E-state index contributed by atoms with van der Waals surface area (Å²) in [7, 11) is 0. The van der Waals surface area contributed by atoms with E-state index in [1.54, 1.807) is 0 Å². The van der Waals surface area contributed by atoms with Crippen LogP contribution in [0.1, 0.15) is 31.7 Å². The number of carbonyl (C=O) groups excluding carboxylic acids is 3. The van der Waals surface area contributed by atoms with Crippen molar-refractivity contribution in [3.63, 3.8) is 0 Å². The summed E-state index contributed by atoms with van der Waals surface area (Å²) in [6.07, 6.45) is 5.26. The van der Waals surface area contributed by atoms with E-state index in [4.69, 9.17) is 4.74 Å². The first kappa shape index (κ1) is 18.2. The van der Waals surface area contributed by atoms with Gasteiger partial charge in [0, 0.05) is 25.1 Å². The van der Waals surface area contributed by atoms with Crippen molar-refractivity contribution in [3.05, 3.63) is 42.0 Å². The highest BCUT2D eigenvalue weighted by Gasteiger charge is 2.46. The van der Waals surface area contributed by atoms with Gasteiger partial charge in [-0.1, -0.05) is 30.4 Å². The number of imide groups is 1. The summed E-state index contributed by atoms with van der Waals surface area (Å²) in [6.45, 7) is 2.96. The van der Waals surface area contributed by atoms with Gasteiger partial charge in [-0.05, 0) is 25.8 Å². The molecule has 0 aromatic heterocycles. The number of hydrogen-bond acceptors (Lipinski definition) is 4. The van der Waals surface area contributed by atoms with Crippen LogP contribution in [0.4, 0.5) is 0 Å². The van der Waals surface area contributed by atoms with Crippen LogP contribution in [0.25, 0.3) is 0 Å². The van der Waals surface area contributed by atoms with E-state index in [0.717, 1.165) is 11.3 Å². The molecule has 3 rings (SSSR count). The molecule has 0 saturated carbocycles. The number of para-hydroxylation sites is 1. The molecule has 138 valence electrons. The molecule has 1 saturated heterocycles. The van der Waals surface area contributed by atoms with E-state index in [1.165, 1.54) is 4.90 Å². The molecule has 0 bridgehead atoms. The number of nitrogens with zero attached hydrogens (tertiary/aromatic N) is 1. The van der Waals surface area contributed by atoms with Gasteiger partial charge in [0.25, 0.3) is 0 Å². The number of benzene rings is 1. The summed E-state index contributed by atoms with van der Waals surface area (Å²) >= 11 is 0. The Labute approximate surface area is 153 Å². The minimum Gasteiger partial charge on any atom is -0.494 e. The number of allylic oxidation sites excluding steroid dienone is 2. The lowest BCUT2D eigenvalue weighted by Crippen LogP contribution is -2.35. The number of nitrogens with one attached hydrogen (secondary N) is 1. The summed E-state index contributed by atoms with van der Waals surface area (Å²) in [5.74, 6) is -0.207. The third kappa shape index (κ3) is 3.79. The van der Waals surface area contributed by atoms with E-state index in [9.17, 15) is 14.4 Å². The quantitative estimate of drug-likeness (QED) is 0.599. The van der Waals surface area contributed by atoms with Crippen molar-refractivity contribution in [3.8, 4) is 5.75 Å². The Morgan fingerprint density at radius 2 is 1.81 bits per heavy atom. The molecular weight excluding hydrogens is 332 g/mol. The van der Waals surface area contributed by atoms with Crippen LogP contribution in [-0.2, 0) is 20.9 Å². The fourth-order valence-corrected chi connectivity index (χ4v) is 3.53. The van der Waals surface area contributed by atoms with Crippen molar-refractivity contribution in [2.75, 3.05) is 13.2 Å². The monoisotopic (exact) mass is 356 g/mol. The molecule has 0 radical (unpaired) electrons. The number of likely N-dealkylation sites (tertiary alicyclic amines) is 1. The number of rotatable bonds is 7. The zero-order chi connectivity index (χ0) is 18.5. The van der Waals surface area contributed by atoms with E-state index in [2.05, 4.69) is 5.32 Å². The molecule has 2 atom stereocenters. The smallest absolute Gasteiger partial charge is 0.233 e. The summed E-state index contributed by atoms with van der Waals surface area (Å²) in [5.41, 5.74) is 0.896. The molecule has 1 aromatic carbocycles. The minimum atomic E-state index is -0.242. The fourth-order valence-electron chi connectivity index (χ4n) is 3.53. The molecule has 1 fully saturated rings. The van der Waals surface area contributed by atoms with E-state index >= 15 is 0 Å². The minimum absolute atomic E-state index is 0.112. The Bertz CT molecular complexity index is 702. The zero-order valence-corrected chi connectivity index (χ0v) is 14.9. The van der Waals surface area contributed by atoms with Crippen molar-refractivity contribution in [2.45, 2.75) is 32.7 Å². The van der Waals surface area contributed by atoms with Gasteiger partial charge in [0.05, 0.1) is 18.4 Å². The second-order valence-electron chi connectivity index (χ2n) is 6.55. The van der Waals surface area contributed by atoms with Crippen LogP contribution in [0.5, 0.6) is 5.75 Å². The zero-order valence-electron chi connectivity index (χ0n) is 14.9. The maximum atomic E-state index is 12.4. The fraction of sp³-hybridized carbons (Fsp3) is 0.450. The second-order valence-corrected chi connectivity index (χ2v) is 6.55. The highest BCUT2D eigenvalue weighted by molar-refractivity contribution is 6.05. The lowest BCUT2D eigenvalue weighted by molar-refractivity contribution is -0.140. The lowest BCUT2D eigenvalue weighted by Gasteiger charge is -2.15. The highest BCUT2D eigenvalue weighted by Crippen LogP contribution is 2.34. The number of ether oxygens (including phenoxy) is 1. The van der Waals surface area contributed by atoms with Crippen LogP contribution < -0.4 is 10.1 Å². The second kappa shape index (κ2) is 8.17. The molecule has 1 heterocycles. The molecule has 0 unspecified atom stereocenters. The molecule has 0 spiro atoms. The average Bonchev–Trinajstić information content (AvgIpc) is 2.90. The van der Waals surface area contributed by atoms with Gasteiger partial charge in [0.1, 0.15) is 5.75 Å². The number of carbonyl (C=O) groups is 3. The van der Waals surface area contributed by atoms with Crippen molar-refractivity contribution < 1.29 is 19.1 Å². The molecule has 6 nitrogen and oxygen atoms in total. The molecule has 1 aromatic rings. The largest absolute Gasteiger partial charge is 0.494 e. The van der Waals surface area contributed by atoms with Crippen LogP contribution in [0.15, 0.2) is 36.4 Å². The third-order valence-electron chi connectivity index (χ3n) is 4.91. The number of hydrogen-bond donors (Lipinski definition) is 1. The first-order chi connectivity index (χ1) is 12.6. The number of amides is 3. The van der Waals surface area contributed by atoms with Gasteiger partial charge in [-0.15, -0.1) is 0 Å². The SMILES string of the molecule is CCOc1ccccc1CNC(=O)CCN1C(=O)[C@H]2CC=CC[C@H]2C1=O. The van der Waals surface area contributed by atoms with Crippen LogP contribution >= 0.6 is 0 Å². The van der Waals surface area contributed by atoms with Crippen LogP contribution in [0.2, 0.25) is 0 Å². The molecule has 6 heteroatoms. The standard InChI is InChI=1S/C20H24N2O4/c1-2-26-17-10-6-3-7-14(17)13-21-18(23)11-12-22-19(24)15-8-4-5-9-16(15)20(22)25/h3-7,10,15-16H,2,8-9,11-13H2,1H3,(H,21,23)/t15-,16+. The molecule has 1 N–H and O–H groups in total. The van der Waals surface area contributed by atoms with Gasteiger partial charge >= 0.3 is 0 Å². The Hall–Kier alpha value is -2.63. The Morgan fingerprint density at radius 3 is 2.46 bits per heavy atom. The maximum Gasteiger partial charge on any atom is 0.233 e. The van der Waals surface area contributed by atoms with E-state index < -0.39 is 0 Å². The molecule has 1 aliphatic carbocycles. The molecule has 2 aliphatic rings. The maximum absolute atomic E-state index is 12.4. The Kier molecular flexibility index (Phi) is 5.71. The molecular formula is C20H24N2O4. The van der Waals surface area contributed by atoms with Gasteiger partial charge in [-0.3, -0.25) is 19.3 Å². The first-order valence-electron chi connectivity index (χ1n) is 9.09. The first-order valence-corrected chi connectivity index (χ1v) is 9.09. The van der Waals surface area contributed by atoms with Crippen LogP contribution in [0, 0.1) is 11.8 Å². The van der Waals surface area contributed by atoms with Gasteiger partial charge in [0.15, 0.2) is 0 Å². The van der Waals surface area contributed by atoms with Crippen LogP contribution in [-0.4, -0.2) is 35.8 Å². The molecule has 3 amide bonds. The van der Waals surface area contributed by atoms with E-state index in [1.807, 2.05) is 43.3 Å². The summed E-state index contributed by atoms with van der Waals surface area (Å²) in [4.78, 5) is 38.2. The summed E-state index contributed by atoms with van der Waals surface area (Å²) in [6, 6.07) is 7.54. The van der Waals surface area contributed by atoms with E-state index in [-0.39, 0.29) is 42.5 Å². The molecule has 26 heavy (non-hydrogen) atoms. The van der Waals surface area contributed by atoms with E-state index in [0.29, 0.717) is 26.0 Å². The predicted octanol–water partition coefficient (Wildman–Crippen LogP) is 2.04. The van der Waals surface area contributed by atoms with Gasteiger partial charge in [0.2, 0.25) is 17.7 Å². The van der Waals surface area contributed by atoms with Gasteiger partial charge in [-0.25, -0.2) is 0 Å². The highest BCUT2D eigenvalue weighted by atomic mass is 16.5.